The zero-order chi connectivity index (χ0) is 14.5. The van der Waals surface area contributed by atoms with Crippen molar-refractivity contribution in [2.45, 2.75) is 51.5 Å². The Morgan fingerprint density at radius 1 is 1.14 bits per heavy atom. The van der Waals surface area contributed by atoms with Crippen LogP contribution in [0.5, 0.6) is 0 Å². The van der Waals surface area contributed by atoms with Crippen LogP contribution in [-0.2, 0) is 6.42 Å². The molecule has 2 fully saturated rings. The van der Waals surface area contributed by atoms with Gasteiger partial charge in [-0.15, -0.1) is 0 Å². The van der Waals surface area contributed by atoms with E-state index in [0.29, 0.717) is 0 Å². The standard InChI is InChI=1S/C19H30N2/c1-16-7-5-6-8-17(16)11-13-21-14-12-20-19(15-21)18-9-3-2-4-10-18/h5-8,18-20H,2-4,9-15H2,1H3. The van der Waals surface area contributed by atoms with Crippen molar-refractivity contribution < 1.29 is 0 Å². The Kier molecular flexibility index (Phi) is 5.32. The van der Waals surface area contributed by atoms with Crippen molar-refractivity contribution in [3.8, 4) is 0 Å². The van der Waals surface area contributed by atoms with E-state index in [2.05, 4.69) is 41.4 Å². The van der Waals surface area contributed by atoms with E-state index in [0.717, 1.165) is 12.0 Å². The fourth-order valence-corrected chi connectivity index (χ4v) is 4.07. The third kappa shape index (κ3) is 4.08. The van der Waals surface area contributed by atoms with E-state index >= 15 is 0 Å². The number of nitrogens with one attached hydrogen (secondary N) is 1. The van der Waals surface area contributed by atoms with Crippen molar-refractivity contribution in [1.29, 1.82) is 0 Å². The maximum Gasteiger partial charge on any atom is 0.0223 e. The molecule has 2 nitrogen and oxygen atoms in total. The van der Waals surface area contributed by atoms with Gasteiger partial charge < -0.3 is 10.2 Å². The molecular formula is C19H30N2. The molecule has 1 aliphatic heterocycles. The van der Waals surface area contributed by atoms with Gasteiger partial charge in [-0.1, -0.05) is 43.5 Å². The van der Waals surface area contributed by atoms with Crippen molar-refractivity contribution in [3.05, 3.63) is 35.4 Å². The second-order valence-electron chi connectivity index (χ2n) is 6.94. The highest BCUT2D eigenvalue weighted by Crippen LogP contribution is 2.27. The van der Waals surface area contributed by atoms with Crippen LogP contribution in [-0.4, -0.2) is 37.1 Å². The Balaban J connectivity index is 1.50. The van der Waals surface area contributed by atoms with Gasteiger partial charge >= 0.3 is 0 Å². The molecule has 116 valence electrons. The summed E-state index contributed by atoms with van der Waals surface area (Å²) in [5.41, 5.74) is 2.96. The minimum atomic E-state index is 0.746. The lowest BCUT2D eigenvalue weighted by Gasteiger charge is -2.39. The number of nitrogens with zero attached hydrogens (tertiary/aromatic N) is 1. The molecule has 1 saturated heterocycles. The lowest BCUT2D eigenvalue weighted by atomic mass is 9.83. The van der Waals surface area contributed by atoms with Crippen LogP contribution in [0.2, 0.25) is 0 Å². The first-order valence-electron chi connectivity index (χ1n) is 8.83. The summed E-state index contributed by atoms with van der Waals surface area (Å²) in [7, 11) is 0. The molecule has 1 heterocycles. The van der Waals surface area contributed by atoms with E-state index in [1.54, 1.807) is 0 Å². The number of hydrogen-bond donors (Lipinski definition) is 1. The molecule has 1 atom stereocenters. The summed E-state index contributed by atoms with van der Waals surface area (Å²) in [6.45, 7) is 7.11. The molecule has 21 heavy (non-hydrogen) atoms. The smallest absolute Gasteiger partial charge is 0.0223 e. The van der Waals surface area contributed by atoms with Gasteiger partial charge in [-0.2, -0.15) is 0 Å². The predicted molar refractivity (Wildman–Crippen MR) is 89.7 cm³/mol. The fourth-order valence-electron chi connectivity index (χ4n) is 4.07. The first-order chi connectivity index (χ1) is 10.3. The maximum atomic E-state index is 3.79. The van der Waals surface area contributed by atoms with E-state index in [1.807, 2.05) is 0 Å². The monoisotopic (exact) mass is 286 g/mol. The van der Waals surface area contributed by atoms with Gasteiger partial charge in [0.1, 0.15) is 0 Å². The molecule has 0 radical (unpaired) electrons. The number of rotatable bonds is 4. The average Bonchev–Trinajstić information content (AvgIpc) is 2.55. The summed E-state index contributed by atoms with van der Waals surface area (Å²) in [5.74, 6) is 0.931. The third-order valence-corrected chi connectivity index (χ3v) is 5.47. The largest absolute Gasteiger partial charge is 0.311 e. The molecular weight excluding hydrogens is 256 g/mol. The molecule has 0 bridgehead atoms. The van der Waals surface area contributed by atoms with Crippen molar-refractivity contribution in [2.75, 3.05) is 26.2 Å². The number of hydrogen-bond acceptors (Lipinski definition) is 2. The molecule has 1 aromatic carbocycles. The summed E-state index contributed by atoms with van der Waals surface area (Å²) < 4.78 is 0. The Labute approximate surface area is 129 Å². The lowest BCUT2D eigenvalue weighted by Crippen LogP contribution is -2.54. The van der Waals surface area contributed by atoms with E-state index in [9.17, 15) is 0 Å². The third-order valence-electron chi connectivity index (χ3n) is 5.47. The second kappa shape index (κ2) is 7.42. The van der Waals surface area contributed by atoms with Gasteiger partial charge in [0.15, 0.2) is 0 Å². The summed E-state index contributed by atoms with van der Waals surface area (Å²) >= 11 is 0. The molecule has 2 heteroatoms. The quantitative estimate of drug-likeness (QED) is 0.912. The van der Waals surface area contributed by atoms with Gasteiger partial charge in [-0.05, 0) is 43.2 Å². The normalized spacial score (nSPS) is 25.1. The molecule has 3 rings (SSSR count). The zero-order valence-corrected chi connectivity index (χ0v) is 13.5. The molecule has 1 aliphatic carbocycles. The second-order valence-corrected chi connectivity index (χ2v) is 6.94. The van der Waals surface area contributed by atoms with E-state index < -0.39 is 0 Å². The van der Waals surface area contributed by atoms with Crippen molar-refractivity contribution >= 4 is 0 Å². The zero-order valence-electron chi connectivity index (χ0n) is 13.5. The van der Waals surface area contributed by atoms with Gasteiger partial charge in [0, 0.05) is 32.2 Å². The molecule has 1 aromatic rings. The molecule has 1 unspecified atom stereocenters. The molecule has 1 N–H and O–H groups in total. The van der Waals surface area contributed by atoms with Crippen LogP contribution in [0.4, 0.5) is 0 Å². The minimum absolute atomic E-state index is 0.746. The summed E-state index contributed by atoms with van der Waals surface area (Å²) in [5, 5.41) is 3.79. The van der Waals surface area contributed by atoms with Crippen LogP contribution in [0.25, 0.3) is 0 Å². The van der Waals surface area contributed by atoms with Crippen LogP contribution in [0, 0.1) is 12.8 Å². The van der Waals surface area contributed by atoms with Gasteiger partial charge in [0.05, 0.1) is 0 Å². The van der Waals surface area contributed by atoms with Crippen molar-refractivity contribution in [2.24, 2.45) is 5.92 Å². The van der Waals surface area contributed by atoms with Gasteiger partial charge in [-0.25, -0.2) is 0 Å². The maximum absolute atomic E-state index is 3.79. The van der Waals surface area contributed by atoms with Crippen LogP contribution >= 0.6 is 0 Å². The van der Waals surface area contributed by atoms with Gasteiger partial charge in [0.2, 0.25) is 0 Å². The summed E-state index contributed by atoms with van der Waals surface area (Å²) in [4.78, 5) is 2.68. The number of benzene rings is 1. The predicted octanol–water partition coefficient (Wildman–Crippen LogP) is 3.39. The summed E-state index contributed by atoms with van der Waals surface area (Å²) in [6.07, 6.45) is 8.45. The highest BCUT2D eigenvalue weighted by atomic mass is 15.2. The highest BCUT2D eigenvalue weighted by molar-refractivity contribution is 5.25. The minimum Gasteiger partial charge on any atom is -0.311 e. The fraction of sp³-hybridized carbons (Fsp3) is 0.684. The Bertz CT molecular complexity index is 437. The molecule has 2 aliphatic rings. The molecule has 0 amide bonds. The van der Waals surface area contributed by atoms with Crippen LogP contribution < -0.4 is 5.32 Å². The molecule has 1 saturated carbocycles. The van der Waals surface area contributed by atoms with E-state index in [-0.39, 0.29) is 0 Å². The number of aryl methyl sites for hydroxylation is 1. The van der Waals surface area contributed by atoms with Crippen LogP contribution in [0.3, 0.4) is 0 Å². The molecule has 0 aromatic heterocycles. The summed E-state index contributed by atoms with van der Waals surface area (Å²) in [6, 6.07) is 9.58. The highest BCUT2D eigenvalue weighted by Gasteiger charge is 2.27. The van der Waals surface area contributed by atoms with E-state index in [1.165, 1.54) is 75.8 Å². The first kappa shape index (κ1) is 15.1. The number of piperazine rings is 1. The van der Waals surface area contributed by atoms with Gasteiger partial charge in [-0.3, -0.25) is 0 Å². The Morgan fingerprint density at radius 3 is 2.76 bits per heavy atom. The molecule has 0 spiro atoms. The SMILES string of the molecule is Cc1ccccc1CCN1CCNC(C2CCCCC2)C1. The topological polar surface area (TPSA) is 15.3 Å². The Morgan fingerprint density at radius 2 is 1.95 bits per heavy atom. The lowest BCUT2D eigenvalue weighted by molar-refractivity contribution is 0.147. The average molecular weight is 286 g/mol. The first-order valence-corrected chi connectivity index (χ1v) is 8.83. The van der Waals surface area contributed by atoms with Crippen LogP contribution in [0.1, 0.15) is 43.2 Å². The van der Waals surface area contributed by atoms with E-state index in [4.69, 9.17) is 0 Å². The van der Waals surface area contributed by atoms with Crippen molar-refractivity contribution in [1.82, 2.24) is 10.2 Å². The van der Waals surface area contributed by atoms with Crippen LogP contribution in [0.15, 0.2) is 24.3 Å². The van der Waals surface area contributed by atoms with Crippen molar-refractivity contribution in [3.63, 3.8) is 0 Å². The van der Waals surface area contributed by atoms with Gasteiger partial charge in [0.25, 0.3) is 0 Å². The Hall–Kier alpha value is -0.860.